The summed E-state index contributed by atoms with van der Waals surface area (Å²) in [6.07, 6.45) is -4.42. The molecule has 0 spiro atoms. The maximum atomic E-state index is 12.6. The van der Waals surface area contributed by atoms with Crippen molar-refractivity contribution in [2.24, 2.45) is 0 Å². The number of hydrogen-bond acceptors (Lipinski definition) is 2. The first-order chi connectivity index (χ1) is 12.3. The van der Waals surface area contributed by atoms with Crippen molar-refractivity contribution in [2.45, 2.75) is 6.18 Å². The zero-order valence-electron chi connectivity index (χ0n) is 13.4. The van der Waals surface area contributed by atoms with Gasteiger partial charge in [-0.25, -0.2) is 4.79 Å². The molecule has 0 aromatic heterocycles. The van der Waals surface area contributed by atoms with Crippen LogP contribution in [0.4, 0.5) is 23.7 Å². The minimum Gasteiger partial charge on any atom is -0.481 e. The van der Waals surface area contributed by atoms with E-state index in [9.17, 15) is 18.0 Å². The van der Waals surface area contributed by atoms with Gasteiger partial charge in [-0.2, -0.15) is 13.2 Å². The van der Waals surface area contributed by atoms with Gasteiger partial charge in [0, 0.05) is 10.7 Å². The molecule has 136 valence electrons. The highest BCUT2D eigenvalue weighted by molar-refractivity contribution is 6.30. The first-order valence-electron chi connectivity index (χ1n) is 7.41. The van der Waals surface area contributed by atoms with Crippen molar-refractivity contribution in [3.63, 3.8) is 0 Å². The molecule has 0 fully saturated rings. The van der Waals surface area contributed by atoms with Gasteiger partial charge in [-0.05, 0) is 42.5 Å². The molecular formula is C18H14ClF3N2O2. The van der Waals surface area contributed by atoms with Crippen molar-refractivity contribution < 1.29 is 22.7 Å². The fourth-order valence-corrected chi connectivity index (χ4v) is 1.95. The number of amides is 2. The Kier molecular flexibility index (Phi) is 6.75. The normalized spacial score (nSPS) is 10.5. The molecule has 0 saturated carbocycles. The maximum absolute atomic E-state index is 12.6. The van der Waals surface area contributed by atoms with Crippen molar-refractivity contribution in [1.29, 1.82) is 0 Å². The van der Waals surface area contributed by atoms with E-state index in [1.165, 1.54) is 12.1 Å². The summed E-state index contributed by atoms with van der Waals surface area (Å²) >= 11 is 5.74. The molecule has 2 aromatic rings. The number of hydrogen-bond donors (Lipinski definition) is 2. The Morgan fingerprint density at radius 1 is 1.12 bits per heavy atom. The van der Waals surface area contributed by atoms with Crippen LogP contribution in [0.15, 0.2) is 48.5 Å². The number of halogens is 4. The third-order valence-corrected chi connectivity index (χ3v) is 3.29. The first-order valence-corrected chi connectivity index (χ1v) is 7.78. The number of anilines is 1. The number of benzene rings is 2. The molecular weight excluding hydrogens is 369 g/mol. The van der Waals surface area contributed by atoms with Crippen molar-refractivity contribution in [3.05, 3.63) is 59.1 Å². The van der Waals surface area contributed by atoms with Gasteiger partial charge >= 0.3 is 12.2 Å². The van der Waals surface area contributed by atoms with Crippen molar-refractivity contribution in [2.75, 3.05) is 18.5 Å². The molecule has 2 N–H and O–H groups in total. The quantitative estimate of drug-likeness (QED) is 0.761. The molecule has 0 radical (unpaired) electrons. The summed E-state index contributed by atoms with van der Waals surface area (Å²) < 4.78 is 42.9. The topological polar surface area (TPSA) is 50.4 Å². The summed E-state index contributed by atoms with van der Waals surface area (Å²) in [6, 6.07) is 10.7. The van der Waals surface area contributed by atoms with Crippen LogP contribution >= 0.6 is 11.6 Å². The van der Waals surface area contributed by atoms with E-state index in [0.29, 0.717) is 10.7 Å². The number of ether oxygens (including phenoxy) is 1. The van der Waals surface area contributed by atoms with Crippen LogP contribution in [0.25, 0.3) is 0 Å². The second-order valence-corrected chi connectivity index (χ2v) is 5.42. The van der Waals surface area contributed by atoms with Gasteiger partial charge in [0.05, 0.1) is 12.1 Å². The molecule has 4 nitrogen and oxygen atoms in total. The Balaban J connectivity index is 1.72. The highest BCUT2D eigenvalue weighted by Crippen LogP contribution is 2.31. The number of alkyl halides is 3. The molecule has 0 unspecified atom stereocenters. The Bertz CT molecular complexity index is 812. The second-order valence-electron chi connectivity index (χ2n) is 4.98. The summed E-state index contributed by atoms with van der Waals surface area (Å²) in [5, 5.41) is 5.66. The lowest BCUT2D eigenvalue weighted by Crippen LogP contribution is -2.28. The molecule has 2 amide bonds. The van der Waals surface area contributed by atoms with Crippen LogP contribution in [0.3, 0.4) is 0 Å². The average molecular weight is 383 g/mol. The minimum absolute atomic E-state index is 0.0609. The summed E-state index contributed by atoms with van der Waals surface area (Å²) in [5.41, 5.74) is -0.212. The predicted octanol–water partition coefficient (Wildman–Crippen LogP) is 4.56. The van der Waals surface area contributed by atoms with Crippen molar-refractivity contribution >= 4 is 23.3 Å². The molecule has 8 heteroatoms. The molecule has 0 bridgehead atoms. The number of nitrogens with one attached hydrogen (secondary N) is 2. The number of rotatable bonds is 4. The lowest BCUT2D eigenvalue weighted by Gasteiger charge is -2.08. The van der Waals surface area contributed by atoms with Crippen LogP contribution in [0.2, 0.25) is 5.02 Å². The molecule has 0 aliphatic heterocycles. The molecule has 0 heterocycles. The summed E-state index contributed by atoms with van der Waals surface area (Å²) in [7, 11) is 0. The smallest absolute Gasteiger partial charge is 0.416 e. The lowest BCUT2D eigenvalue weighted by atomic mass is 10.2. The Hall–Kier alpha value is -2.85. The fourth-order valence-electron chi connectivity index (χ4n) is 1.83. The van der Waals surface area contributed by atoms with Crippen molar-refractivity contribution in [1.82, 2.24) is 5.32 Å². The van der Waals surface area contributed by atoms with Crippen LogP contribution in [-0.4, -0.2) is 19.2 Å². The van der Waals surface area contributed by atoms with Crippen LogP contribution < -0.4 is 15.4 Å². The first kappa shape index (κ1) is 19.5. The summed E-state index contributed by atoms with van der Waals surface area (Å²) in [4.78, 5) is 11.6. The highest BCUT2D eigenvalue weighted by Gasteiger charge is 2.30. The molecule has 2 rings (SSSR count). The summed E-state index contributed by atoms with van der Waals surface area (Å²) in [5.74, 6) is 5.31. The number of carbonyl (C=O) groups excluding carboxylic acids is 1. The van der Waals surface area contributed by atoms with Gasteiger partial charge in [0.1, 0.15) is 12.4 Å². The van der Waals surface area contributed by atoms with E-state index in [1.807, 2.05) is 0 Å². The highest BCUT2D eigenvalue weighted by atomic mass is 35.5. The van der Waals surface area contributed by atoms with E-state index in [0.717, 1.165) is 12.1 Å². The van der Waals surface area contributed by atoms with E-state index in [-0.39, 0.29) is 18.9 Å². The van der Waals surface area contributed by atoms with Gasteiger partial charge in [0.15, 0.2) is 0 Å². The average Bonchev–Trinajstić information content (AvgIpc) is 2.59. The zero-order valence-corrected chi connectivity index (χ0v) is 14.1. The SMILES string of the molecule is O=C(NCC#CCOc1cccc(C(F)(F)F)c1)Nc1ccc(Cl)cc1. The van der Waals surface area contributed by atoms with E-state index in [2.05, 4.69) is 22.5 Å². The van der Waals surface area contributed by atoms with Crippen LogP contribution in [-0.2, 0) is 6.18 Å². The molecule has 0 saturated heterocycles. The maximum Gasteiger partial charge on any atom is 0.416 e. The molecule has 2 aromatic carbocycles. The lowest BCUT2D eigenvalue weighted by molar-refractivity contribution is -0.137. The van der Waals surface area contributed by atoms with E-state index in [1.54, 1.807) is 24.3 Å². The zero-order chi connectivity index (χ0) is 19.0. The van der Waals surface area contributed by atoms with Crippen LogP contribution in [0, 0.1) is 11.8 Å². The van der Waals surface area contributed by atoms with Gasteiger partial charge in [0.2, 0.25) is 0 Å². The van der Waals surface area contributed by atoms with E-state index >= 15 is 0 Å². The molecule has 0 atom stereocenters. The van der Waals surface area contributed by atoms with E-state index < -0.39 is 17.8 Å². The minimum atomic E-state index is -4.42. The van der Waals surface area contributed by atoms with Gasteiger partial charge in [0.25, 0.3) is 0 Å². The Morgan fingerprint density at radius 3 is 2.54 bits per heavy atom. The Labute approximate surface area is 153 Å². The molecule has 0 aliphatic rings. The van der Waals surface area contributed by atoms with Crippen LogP contribution in [0.1, 0.15) is 5.56 Å². The second kappa shape index (κ2) is 9.02. The Morgan fingerprint density at radius 2 is 1.85 bits per heavy atom. The third-order valence-electron chi connectivity index (χ3n) is 3.04. The van der Waals surface area contributed by atoms with Gasteiger partial charge in [-0.3, -0.25) is 0 Å². The third kappa shape index (κ3) is 6.57. The van der Waals surface area contributed by atoms with E-state index in [4.69, 9.17) is 16.3 Å². The predicted molar refractivity (Wildman–Crippen MR) is 93.2 cm³/mol. The molecule has 0 aliphatic carbocycles. The summed E-state index contributed by atoms with van der Waals surface area (Å²) in [6.45, 7) is -0.0346. The van der Waals surface area contributed by atoms with Gasteiger partial charge < -0.3 is 15.4 Å². The molecule has 26 heavy (non-hydrogen) atoms. The van der Waals surface area contributed by atoms with Gasteiger partial charge in [-0.1, -0.05) is 29.5 Å². The standard InChI is InChI=1S/C18H14ClF3N2O2/c19-14-6-8-15(9-7-14)24-17(25)23-10-1-2-11-26-16-5-3-4-13(12-16)18(20,21)22/h3-9,12H,10-11H2,(H2,23,24,25). The van der Waals surface area contributed by atoms with Gasteiger partial charge in [-0.15, -0.1) is 0 Å². The largest absolute Gasteiger partial charge is 0.481 e. The monoisotopic (exact) mass is 382 g/mol. The number of urea groups is 1. The van der Waals surface area contributed by atoms with Crippen molar-refractivity contribution in [3.8, 4) is 17.6 Å². The van der Waals surface area contributed by atoms with Crippen LogP contribution in [0.5, 0.6) is 5.75 Å². The fraction of sp³-hybridized carbons (Fsp3) is 0.167. The number of carbonyl (C=O) groups is 1.